The van der Waals surface area contributed by atoms with Crippen LogP contribution in [0, 0.1) is 0 Å². The molecule has 11 aromatic rings. The van der Waals surface area contributed by atoms with E-state index in [1.165, 1.54) is 66.4 Å². The van der Waals surface area contributed by atoms with Crippen LogP contribution in [0.15, 0.2) is 249 Å². The van der Waals surface area contributed by atoms with Gasteiger partial charge in [0.2, 0.25) is 0 Å². The molecule has 2 heteroatoms. The summed E-state index contributed by atoms with van der Waals surface area (Å²) in [6, 6.07) is 91.6. The molecule has 0 radical (unpaired) electrons. The molecule has 0 fully saturated rings. The van der Waals surface area contributed by atoms with E-state index in [2.05, 4.69) is 248 Å². The number of ether oxygens (including phenoxy) is 1. The Morgan fingerprint density at radius 1 is 0.269 bits per heavy atom. The third-order valence-corrected chi connectivity index (χ3v) is 14.5. The van der Waals surface area contributed by atoms with Gasteiger partial charge in [-0.3, -0.25) is 0 Å². The monoisotopic (exact) mass is 851 g/mol. The molecule has 0 bridgehead atoms. The zero-order valence-corrected chi connectivity index (χ0v) is 36.5. The molecule has 11 aromatic carbocycles. The summed E-state index contributed by atoms with van der Waals surface area (Å²) in [7, 11) is 0. The second-order valence-corrected chi connectivity index (χ2v) is 17.9. The van der Waals surface area contributed by atoms with E-state index in [1.807, 2.05) is 6.07 Å². The molecular formula is C65H41NO. The van der Waals surface area contributed by atoms with Crippen LogP contribution in [0.2, 0.25) is 0 Å². The number of hydrogen-bond donors (Lipinski definition) is 0. The lowest BCUT2D eigenvalue weighted by atomic mass is 9.65. The zero-order chi connectivity index (χ0) is 44.1. The summed E-state index contributed by atoms with van der Waals surface area (Å²) in [6.45, 7) is 0. The normalized spacial score (nSPS) is 13.0. The molecule has 1 spiro atoms. The van der Waals surface area contributed by atoms with Gasteiger partial charge in [-0.25, -0.2) is 0 Å². The van der Waals surface area contributed by atoms with Crippen molar-refractivity contribution in [2.45, 2.75) is 5.41 Å². The van der Waals surface area contributed by atoms with Gasteiger partial charge in [-0.05, 0) is 138 Å². The van der Waals surface area contributed by atoms with Crippen LogP contribution < -0.4 is 9.64 Å². The van der Waals surface area contributed by atoms with Gasteiger partial charge >= 0.3 is 0 Å². The Kier molecular flexibility index (Phi) is 8.23. The fourth-order valence-corrected chi connectivity index (χ4v) is 11.7. The molecule has 2 aliphatic carbocycles. The van der Waals surface area contributed by atoms with E-state index in [1.54, 1.807) is 0 Å². The van der Waals surface area contributed by atoms with Crippen molar-refractivity contribution >= 4 is 27.8 Å². The summed E-state index contributed by atoms with van der Waals surface area (Å²) in [5, 5.41) is 2.46. The Balaban J connectivity index is 1.06. The van der Waals surface area contributed by atoms with E-state index < -0.39 is 5.41 Å². The van der Waals surface area contributed by atoms with Gasteiger partial charge in [0.15, 0.2) is 0 Å². The van der Waals surface area contributed by atoms with Gasteiger partial charge in [0.1, 0.15) is 11.5 Å². The van der Waals surface area contributed by atoms with E-state index in [4.69, 9.17) is 4.74 Å². The summed E-state index contributed by atoms with van der Waals surface area (Å²) in [4.78, 5) is 2.46. The molecule has 3 aliphatic rings. The van der Waals surface area contributed by atoms with Crippen molar-refractivity contribution < 1.29 is 4.74 Å². The lowest BCUT2D eigenvalue weighted by molar-refractivity contribution is 0.488. The van der Waals surface area contributed by atoms with Crippen LogP contribution in [-0.4, -0.2) is 0 Å². The van der Waals surface area contributed by atoms with E-state index in [9.17, 15) is 0 Å². The molecule has 312 valence electrons. The van der Waals surface area contributed by atoms with Gasteiger partial charge in [-0.15, -0.1) is 0 Å². The lowest BCUT2D eigenvalue weighted by Gasteiger charge is -2.36. The van der Waals surface area contributed by atoms with Crippen molar-refractivity contribution in [2.75, 3.05) is 4.90 Å². The first kappa shape index (κ1) is 37.6. The maximum absolute atomic E-state index is 6.79. The summed E-state index contributed by atoms with van der Waals surface area (Å²) >= 11 is 0. The van der Waals surface area contributed by atoms with Crippen molar-refractivity contribution in [3.8, 4) is 78.3 Å². The summed E-state index contributed by atoms with van der Waals surface area (Å²) in [5.41, 5.74) is 22.1. The first-order valence-electron chi connectivity index (χ1n) is 23.2. The minimum Gasteiger partial charge on any atom is -0.456 e. The smallest absolute Gasteiger partial charge is 0.135 e. The number of fused-ring (bicyclic) bond motifs is 18. The van der Waals surface area contributed by atoms with E-state index in [0.29, 0.717) is 0 Å². The predicted octanol–water partition coefficient (Wildman–Crippen LogP) is 17.4. The summed E-state index contributed by atoms with van der Waals surface area (Å²) in [6.07, 6.45) is 0. The molecule has 0 saturated heterocycles. The molecule has 1 heterocycles. The van der Waals surface area contributed by atoms with Crippen molar-refractivity contribution in [2.24, 2.45) is 0 Å². The Hall–Kier alpha value is -8.72. The molecule has 0 unspecified atom stereocenters. The Labute approximate surface area is 390 Å². The van der Waals surface area contributed by atoms with Crippen LogP contribution in [0.25, 0.3) is 77.5 Å². The molecule has 1 aliphatic heterocycles. The number of benzene rings is 11. The number of para-hydroxylation sites is 2. The van der Waals surface area contributed by atoms with Crippen molar-refractivity contribution in [3.05, 3.63) is 271 Å². The fourth-order valence-electron chi connectivity index (χ4n) is 11.7. The third kappa shape index (κ3) is 5.51. The van der Waals surface area contributed by atoms with Gasteiger partial charge < -0.3 is 9.64 Å². The first-order valence-corrected chi connectivity index (χ1v) is 23.2. The van der Waals surface area contributed by atoms with E-state index in [0.717, 1.165) is 61.9 Å². The highest BCUT2D eigenvalue weighted by Crippen LogP contribution is 2.63. The van der Waals surface area contributed by atoms with E-state index >= 15 is 0 Å². The molecule has 67 heavy (non-hydrogen) atoms. The van der Waals surface area contributed by atoms with Crippen LogP contribution in [0.3, 0.4) is 0 Å². The van der Waals surface area contributed by atoms with Gasteiger partial charge in [-0.1, -0.05) is 194 Å². The minimum absolute atomic E-state index is 0.605. The highest BCUT2D eigenvalue weighted by Gasteiger charge is 2.50. The molecule has 0 atom stereocenters. The highest BCUT2D eigenvalue weighted by atomic mass is 16.5. The maximum atomic E-state index is 6.79. The van der Waals surface area contributed by atoms with Crippen LogP contribution in [0.5, 0.6) is 11.5 Å². The van der Waals surface area contributed by atoms with Crippen molar-refractivity contribution in [1.82, 2.24) is 0 Å². The SMILES string of the molecule is c1ccc(-c2ccccc2N(c2ccc3c(c2)-c2ccccc2-c2ccccc2O3)c2ccc3c(c2)-c2cc4ccccc4cc2C32c3ccccc3-c3ccccc3-c3ccccc32)cc1. The quantitative estimate of drug-likeness (QED) is 0.175. The Bertz CT molecular complexity index is 3740. The Morgan fingerprint density at radius 2 is 0.716 bits per heavy atom. The van der Waals surface area contributed by atoms with Crippen LogP contribution >= 0.6 is 0 Å². The number of hydrogen-bond acceptors (Lipinski definition) is 2. The van der Waals surface area contributed by atoms with Gasteiger partial charge in [-0.2, -0.15) is 0 Å². The average Bonchev–Trinajstić information content (AvgIpc) is 3.51. The maximum Gasteiger partial charge on any atom is 0.135 e. The zero-order valence-electron chi connectivity index (χ0n) is 36.5. The van der Waals surface area contributed by atoms with E-state index in [-0.39, 0.29) is 0 Å². The molecule has 0 amide bonds. The predicted molar refractivity (Wildman–Crippen MR) is 277 cm³/mol. The van der Waals surface area contributed by atoms with Gasteiger partial charge in [0, 0.05) is 28.1 Å². The van der Waals surface area contributed by atoms with Crippen molar-refractivity contribution in [3.63, 3.8) is 0 Å². The summed E-state index contributed by atoms with van der Waals surface area (Å²) < 4.78 is 6.79. The standard InChI is InChI=1S/C65H41NO/c1-2-18-42(19-3-1)47-22-12-16-32-62(47)66(46-35-37-64-57(41-46)51-26-9-8-25-50(51)54-29-13-17-33-63(54)67-64)45-34-36-60-56(40-45)55-38-43-20-4-5-21-44(43)39-61(55)65(60)58-30-14-10-27-52(58)48-23-6-7-24-49(48)53-28-11-15-31-59(53)65/h1-41H. The second kappa shape index (κ2) is 14.7. The molecule has 2 nitrogen and oxygen atoms in total. The van der Waals surface area contributed by atoms with Crippen LogP contribution in [-0.2, 0) is 5.41 Å². The molecule has 0 aromatic heterocycles. The number of nitrogens with zero attached hydrogens (tertiary/aromatic N) is 1. The molecule has 14 rings (SSSR count). The minimum atomic E-state index is -0.605. The summed E-state index contributed by atoms with van der Waals surface area (Å²) in [5.74, 6) is 1.69. The molecular weight excluding hydrogens is 811 g/mol. The van der Waals surface area contributed by atoms with Crippen LogP contribution in [0.4, 0.5) is 17.1 Å². The first-order chi connectivity index (χ1) is 33.2. The average molecular weight is 852 g/mol. The van der Waals surface area contributed by atoms with Gasteiger partial charge in [0.25, 0.3) is 0 Å². The van der Waals surface area contributed by atoms with Crippen molar-refractivity contribution in [1.29, 1.82) is 0 Å². The Morgan fingerprint density at radius 3 is 1.40 bits per heavy atom. The second-order valence-electron chi connectivity index (χ2n) is 17.9. The van der Waals surface area contributed by atoms with Crippen LogP contribution in [0.1, 0.15) is 22.3 Å². The largest absolute Gasteiger partial charge is 0.456 e. The van der Waals surface area contributed by atoms with Gasteiger partial charge in [0.05, 0.1) is 11.1 Å². The number of rotatable bonds is 4. The molecule has 0 N–H and O–H groups in total. The molecule has 0 saturated carbocycles. The topological polar surface area (TPSA) is 12.5 Å². The highest BCUT2D eigenvalue weighted by molar-refractivity contribution is 6.02. The lowest BCUT2D eigenvalue weighted by Crippen LogP contribution is -2.29. The number of anilines is 3. The third-order valence-electron chi connectivity index (χ3n) is 14.5. The fraction of sp³-hybridized carbons (Fsp3) is 0.0154.